The van der Waals surface area contributed by atoms with Crippen LogP contribution in [-0.2, 0) is 14.3 Å². The smallest absolute Gasteiger partial charge is 0.295 e. The van der Waals surface area contributed by atoms with Gasteiger partial charge in [0.2, 0.25) is 5.78 Å². The third-order valence-corrected chi connectivity index (χ3v) is 6.35. The molecule has 1 unspecified atom stereocenters. The maximum Gasteiger partial charge on any atom is 0.295 e. The Hall–Kier alpha value is -3.62. The van der Waals surface area contributed by atoms with Gasteiger partial charge in [0.25, 0.3) is 5.91 Å². The normalized spacial score (nSPS) is 20.1. The lowest BCUT2D eigenvalue weighted by Gasteiger charge is -2.30. The highest BCUT2D eigenvalue weighted by atomic mass is 16.5. The Labute approximate surface area is 205 Å². The molecule has 8 heteroatoms. The van der Waals surface area contributed by atoms with Crippen LogP contribution in [0.1, 0.15) is 17.2 Å². The molecule has 1 atom stereocenters. The van der Waals surface area contributed by atoms with E-state index >= 15 is 0 Å². The molecule has 0 saturated carbocycles. The van der Waals surface area contributed by atoms with Gasteiger partial charge >= 0.3 is 0 Å². The molecule has 2 aliphatic heterocycles. The second-order valence-corrected chi connectivity index (χ2v) is 8.45. The van der Waals surface area contributed by atoms with E-state index in [1.54, 1.807) is 42.5 Å². The summed E-state index contributed by atoms with van der Waals surface area (Å²) in [4.78, 5) is 29.2. The third-order valence-electron chi connectivity index (χ3n) is 6.35. The average Bonchev–Trinajstić information content (AvgIpc) is 3.16. The van der Waals surface area contributed by atoms with Crippen LogP contribution < -0.4 is 19.5 Å². The van der Waals surface area contributed by atoms with E-state index in [1.807, 2.05) is 12.1 Å². The van der Waals surface area contributed by atoms with E-state index < -0.39 is 23.5 Å². The molecule has 2 aliphatic rings. The summed E-state index contributed by atoms with van der Waals surface area (Å²) in [6.07, 6.45) is 1.63. The predicted molar refractivity (Wildman–Crippen MR) is 128 cm³/mol. The molecule has 4 rings (SSSR count). The van der Waals surface area contributed by atoms with Gasteiger partial charge in [-0.2, -0.15) is 0 Å². The summed E-state index contributed by atoms with van der Waals surface area (Å²) in [5, 5.41) is 13.6. The summed E-state index contributed by atoms with van der Waals surface area (Å²) in [5.74, 6) is -0.813. The van der Waals surface area contributed by atoms with Crippen molar-refractivity contribution in [1.82, 2.24) is 4.90 Å². The molecule has 0 bridgehead atoms. The number of benzene rings is 2. The van der Waals surface area contributed by atoms with Gasteiger partial charge in [-0.25, -0.2) is 0 Å². The highest BCUT2D eigenvalue weighted by Crippen LogP contribution is 2.41. The molecular formula is C27H30N2O6. The zero-order chi connectivity index (χ0) is 24.8. The van der Waals surface area contributed by atoms with E-state index in [4.69, 9.17) is 14.2 Å². The van der Waals surface area contributed by atoms with Crippen LogP contribution in [0.25, 0.3) is 5.76 Å². The topological polar surface area (TPSA) is 92.6 Å². The molecule has 2 aromatic rings. The van der Waals surface area contributed by atoms with Crippen LogP contribution in [0.4, 0.5) is 0 Å². The first kappa shape index (κ1) is 24.5. The lowest BCUT2D eigenvalue weighted by atomic mass is 9.94. The molecule has 0 aromatic heterocycles. The van der Waals surface area contributed by atoms with Crippen LogP contribution >= 0.6 is 0 Å². The van der Waals surface area contributed by atoms with Crippen LogP contribution in [0.5, 0.6) is 11.5 Å². The van der Waals surface area contributed by atoms with Crippen LogP contribution in [0.2, 0.25) is 0 Å². The van der Waals surface area contributed by atoms with Gasteiger partial charge in [0.1, 0.15) is 31.2 Å². The molecule has 35 heavy (non-hydrogen) atoms. The number of nitrogens with one attached hydrogen (secondary N) is 1. The van der Waals surface area contributed by atoms with Crippen molar-refractivity contribution in [2.75, 3.05) is 53.1 Å². The molecule has 184 valence electrons. The molecule has 8 nitrogen and oxygen atoms in total. The number of carbonyl (C=O) groups is 2. The lowest BCUT2D eigenvalue weighted by Crippen LogP contribution is -3.14. The fraction of sp³-hybridized carbons (Fsp3) is 0.333. The van der Waals surface area contributed by atoms with Crippen molar-refractivity contribution in [2.24, 2.45) is 0 Å². The quantitative estimate of drug-likeness (QED) is 0.243. The third kappa shape index (κ3) is 5.23. The Morgan fingerprint density at radius 3 is 2.57 bits per heavy atom. The van der Waals surface area contributed by atoms with Crippen LogP contribution in [-0.4, -0.2) is 69.7 Å². The lowest BCUT2D eigenvalue weighted by molar-refractivity contribution is -0.907. The number of nitrogens with zero attached hydrogens (tertiary/aromatic N) is 1. The Bertz CT molecular complexity index is 1100. The first-order chi connectivity index (χ1) is 17.0. The van der Waals surface area contributed by atoms with Crippen molar-refractivity contribution in [3.63, 3.8) is 0 Å². The van der Waals surface area contributed by atoms with Crippen LogP contribution in [0, 0.1) is 0 Å². The summed E-state index contributed by atoms with van der Waals surface area (Å²) in [5.41, 5.74) is 0.865. The zero-order valence-corrected chi connectivity index (χ0v) is 19.8. The first-order valence-corrected chi connectivity index (χ1v) is 11.7. The van der Waals surface area contributed by atoms with Gasteiger partial charge < -0.3 is 29.1 Å². The second-order valence-electron chi connectivity index (χ2n) is 8.45. The molecule has 0 spiro atoms. The van der Waals surface area contributed by atoms with E-state index in [2.05, 4.69) is 6.58 Å². The number of para-hydroxylation sites is 1. The fourth-order valence-electron chi connectivity index (χ4n) is 4.52. The highest BCUT2D eigenvalue weighted by Gasteiger charge is 2.45. The molecule has 0 radical (unpaired) electrons. The Morgan fingerprint density at radius 1 is 1.17 bits per heavy atom. The van der Waals surface area contributed by atoms with Crippen molar-refractivity contribution in [3.8, 4) is 11.5 Å². The van der Waals surface area contributed by atoms with Crippen LogP contribution in [0.3, 0.4) is 0 Å². The van der Waals surface area contributed by atoms with Gasteiger partial charge in [-0.3, -0.25) is 9.59 Å². The number of likely N-dealkylation sites (tertiary alicyclic amines) is 1. The predicted octanol–water partition coefficient (Wildman–Crippen LogP) is 0.399. The summed E-state index contributed by atoms with van der Waals surface area (Å²) in [6, 6.07) is 12.9. The number of carbonyl (C=O) groups excluding carboxylic acids is 2. The van der Waals surface area contributed by atoms with Gasteiger partial charge in [-0.15, -0.1) is 0 Å². The van der Waals surface area contributed by atoms with E-state index in [0.717, 1.165) is 13.1 Å². The summed E-state index contributed by atoms with van der Waals surface area (Å²) in [6.45, 7) is 7.97. The summed E-state index contributed by atoms with van der Waals surface area (Å²) >= 11 is 0. The Morgan fingerprint density at radius 2 is 1.89 bits per heavy atom. The van der Waals surface area contributed by atoms with Gasteiger partial charge in [0.05, 0.1) is 39.5 Å². The van der Waals surface area contributed by atoms with Gasteiger partial charge in [-0.1, -0.05) is 48.7 Å². The number of ketones is 1. The first-order valence-electron chi connectivity index (χ1n) is 11.7. The van der Waals surface area contributed by atoms with Gasteiger partial charge in [0, 0.05) is 11.1 Å². The maximum absolute atomic E-state index is 13.6. The molecule has 2 saturated heterocycles. The maximum atomic E-state index is 13.6. The minimum Gasteiger partial charge on any atom is -0.872 e. The van der Waals surface area contributed by atoms with Crippen molar-refractivity contribution >= 4 is 17.4 Å². The number of rotatable bonds is 9. The summed E-state index contributed by atoms with van der Waals surface area (Å²) in [7, 11) is 1.53. The van der Waals surface area contributed by atoms with Crippen molar-refractivity contribution in [2.45, 2.75) is 6.04 Å². The number of Topliss-reactive ketones (excluding diaryl/α,β-unsaturated/α-hetero) is 1. The number of morpholine rings is 1. The molecule has 2 aromatic carbocycles. The van der Waals surface area contributed by atoms with E-state index in [1.165, 1.54) is 16.9 Å². The van der Waals surface area contributed by atoms with E-state index in [-0.39, 0.29) is 5.57 Å². The molecule has 1 amide bonds. The monoisotopic (exact) mass is 478 g/mol. The Balaban J connectivity index is 1.72. The largest absolute Gasteiger partial charge is 0.872 e. The van der Waals surface area contributed by atoms with Gasteiger partial charge in [-0.05, 0) is 23.8 Å². The number of hydrogen-bond acceptors (Lipinski definition) is 6. The van der Waals surface area contributed by atoms with Crippen molar-refractivity contribution in [1.29, 1.82) is 0 Å². The number of ether oxygens (including phenoxy) is 3. The van der Waals surface area contributed by atoms with Crippen LogP contribution in [0.15, 0.2) is 66.8 Å². The molecule has 0 aliphatic carbocycles. The second kappa shape index (κ2) is 11.2. The number of methoxy groups -OCH3 is 1. The molecule has 1 N–H and O–H groups in total. The number of amides is 1. The minimum absolute atomic E-state index is 0.0590. The molecular weight excluding hydrogens is 448 g/mol. The standard InChI is InChI=1S/C27H30N2O6/c1-3-16-35-20-10-8-19(9-11-20)25(30)23-24(21-6-4-5-7-22(21)33-2)29(27(32)26(23)31)13-12-28-14-17-34-18-15-28/h3-11,24,30H,1,12-18H2,2H3. The summed E-state index contributed by atoms with van der Waals surface area (Å²) < 4.78 is 16.4. The average molecular weight is 479 g/mol. The highest BCUT2D eigenvalue weighted by molar-refractivity contribution is 6.46. The van der Waals surface area contributed by atoms with Gasteiger partial charge in [0.15, 0.2) is 0 Å². The fourth-order valence-corrected chi connectivity index (χ4v) is 4.52. The molecule has 2 fully saturated rings. The minimum atomic E-state index is -0.823. The number of hydrogen-bond donors (Lipinski definition) is 1. The van der Waals surface area contributed by atoms with E-state index in [0.29, 0.717) is 55.5 Å². The Kier molecular flexibility index (Phi) is 7.84. The number of quaternary nitrogens is 1. The van der Waals surface area contributed by atoms with Crippen molar-refractivity contribution < 1.29 is 33.8 Å². The van der Waals surface area contributed by atoms with E-state index in [9.17, 15) is 14.7 Å². The van der Waals surface area contributed by atoms with Crippen molar-refractivity contribution in [3.05, 3.63) is 77.9 Å². The zero-order valence-electron chi connectivity index (χ0n) is 19.8. The molecule has 2 heterocycles. The SMILES string of the molecule is C=CCOc1ccc(C([O-])=C2C(=O)C(=O)N(CC[NH+]3CCOCC3)C2c2ccccc2OC)cc1.